The van der Waals surface area contributed by atoms with Crippen LogP contribution >= 0.6 is 0 Å². The third-order valence-corrected chi connectivity index (χ3v) is 5.39. The quantitative estimate of drug-likeness (QED) is 0.823. The van der Waals surface area contributed by atoms with Crippen molar-refractivity contribution >= 4 is 0 Å². The maximum Gasteiger partial charge on any atom is 0.0640 e. The Balaban J connectivity index is 1.59. The first-order chi connectivity index (χ1) is 10.3. The lowest BCUT2D eigenvalue weighted by Gasteiger charge is -2.22. The summed E-state index contributed by atoms with van der Waals surface area (Å²) in [5.41, 5.74) is 1.29. The van der Waals surface area contributed by atoms with Crippen molar-refractivity contribution in [2.24, 2.45) is 11.8 Å². The molecule has 1 N–H and O–H groups in total. The molecule has 0 spiro atoms. The van der Waals surface area contributed by atoms with Crippen LogP contribution in [-0.4, -0.2) is 22.4 Å². The maximum atomic E-state index is 4.89. The second-order valence-corrected chi connectivity index (χ2v) is 7.22. The Hall–Kier alpha value is -0.830. The standard InChI is InChI=1S/C18H31N3/c1-3-10-19-18(17-12-14(17)2)13-15-9-11-21(20-15)16-7-5-4-6-8-16/h9,11,14,16-19H,3-8,10,12-13H2,1-2H3. The summed E-state index contributed by atoms with van der Waals surface area (Å²) in [4.78, 5) is 0. The molecule has 118 valence electrons. The Morgan fingerprint density at radius 2 is 2.10 bits per heavy atom. The van der Waals surface area contributed by atoms with Crippen LogP contribution in [0.15, 0.2) is 12.3 Å². The molecule has 0 amide bonds. The summed E-state index contributed by atoms with van der Waals surface area (Å²) < 4.78 is 2.25. The van der Waals surface area contributed by atoms with Crippen molar-refractivity contribution < 1.29 is 0 Å². The molecule has 21 heavy (non-hydrogen) atoms. The van der Waals surface area contributed by atoms with Crippen molar-refractivity contribution in [2.75, 3.05) is 6.54 Å². The SMILES string of the molecule is CCCNC(Cc1ccn(C2CCCCC2)n1)C1CC1C. The molecule has 1 heterocycles. The number of nitrogens with one attached hydrogen (secondary N) is 1. The average molecular weight is 289 g/mol. The first-order valence-corrected chi connectivity index (χ1v) is 9.05. The van der Waals surface area contributed by atoms with Crippen LogP contribution < -0.4 is 5.32 Å². The van der Waals surface area contributed by atoms with E-state index in [0.717, 1.165) is 24.8 Å². The molecule has 1 aromatic heterocycles. The van der Waals surface area contributed by atoms with Gasteiger partial charge in [-0.25, -0.2) is 0 Å². The predicted octanol–water partition coefficient (Wildman–Crippen LogP) is 3.96. The Bertz CT molecular complexity index is 433. The average Bonchev–Trinajstić information content (AvgIpc) is 3.06. The lowest BCUT2D eigenvalue weighted by Crippen LogP contribution is -2.34. The van der Waals surface area contributed by atoms with E-state index in [1.165, 1.54) is 50.6 Å². The molecular weight excluding hydrogens is 258 g/mol. The van der Waals surface area contributed by atoms with Gasteiger partial charge in [0.2, 0.25) is 0 Å². The molecule has 1 aromatic rings. The van der Waals surface area contributed by atoms with E-state index in [-0.39, 0.29) is 0 Å². The van der Waals surface area contributed by atoms with Gasteiger partial charge >= 0.3 is 0 Å². The van der Waals surface area contributed by atoms with Crippen molar-refractivity contribution in [3.8, 4) is 0 Å². The molecule has 0 aromatic carbocycles. The van der Waals surface area contributed by atoms with Crippen LogP contribution in [0.4, 0.5) is 0 Å². The molecule has 2 aliphatic carbocycles. The van der Waals surface area contributed by atoms with Gasteiger partial charge in [0.15, 0.2) is 0 Å². The lowest BCUT2D eigenvalue weighted by atomic mass is 9.96. The number of nitrogens with zero attached hydrogens (tertiary/aromatic N) is 2. The molecule has 3 unspecified atom stereocenters. The number of aromatic nitrogens is 2. The lowest BCUT2D eigenvalue weighted by molar-refractivity contribution is 0.327. The minimum absolute atomic E-state index is 0.634. The van der Waals surface area contributed by atoms with Gasteiger partial charge in [0.05, 0.1) is 11.7 Å². The number of hydrogen-bond donors (Lipinski definition) is 1. The zero-order valence-corrected chi connectivity index (χ0v) is 13.7. The largest absolute Gasteiger partial charge is 0.313 e. The van der Waals surface area contributed by atoms with Crippen LogP contribution in [0.2, 0.25) is 0 Å². The van der Waals surface area contributed by atoms with Gasteiger partial charge < -0.3 is 5.32 Å². The third-order valence-electron chi connectivity index (χ3n) is 5.39. The van der Waals surface area contributed by atoms with Gasteiger partial charge in [-0.05, 0) is 50.1 Å². The highest BCUT2D eigenvalue weighted by Crippen LogP contribution is 2.41. The first kappa shape index (κ1) is 15.1. The van der Waals surface area contributed by atoms with Crippen molar-refractivity contribution in [2.45, 2.75) is 77.3 Å². The van der Waals surface area contributed by atoms with Gasteiger partial charge in [0.1, 0.15) is 0 Å². The van der Waals surface area contributed by atoms with Crippen LogP contribution in [0.1, 0.15) is 70.5 Å². The third kappa shape index (κ3) is 3.88. The summed E-state index contributed by atoms with van der Waals surface area (Å²) in [5, 5.41) is 8.64. The second kappa shape index (κ2) is 6.95. The Kier molecular flexibility index (Phi) is 4.99. The second-order valence-electron chi connectivity index (χ2n) is 7.22. The highest BCUT2D eigenvalue weighted by Gasteiger charge is 2.39. The molecule has 0 bridgehead atoms. The molecule has 0 aliphatic heterocycles. The summed E-state index contributed by atoms with van der Waals surface area (Å²) in [6.07, 6.45) is 12.7. The van der Waals surface area contributed by atoms with E-state index in [1.807, 2.05) is 0 Å². The van der Waals surface area contributed by atoms with Gasteiger partial charge in [-0.3, -0.25) is 4.68 Å². The van der Waals surface area contributed by atoms with Crippen LogP contribution in [0.5, 0.6) is 0 Å². The highest BCUT2D eigenvalue weighted by molar-refractivity contribution is 5.06. The van der Waals surface area contributed by atoms with Gasteiger partial charge in [0.25, 0.3) is 0 Å². The van der Waals surface area contributed by atoms with E-state index >= 15 is 0 Å². The molecule has 3 heteroatoms. The Morgan fingerprint density at radius 3 is 2.76 bits per heavy atom. The predicted molar refractivity (Wildman–Crippen MR) is 87.4 cm³/mol. The maximum absolute atomic E-state index is 4.89. The minimum Gasteiger partial charge on any atom is -0.313 e. The van der Waals surface area contributed by atoms with Crippen LogP contribution in [-0.2, 0) is 6.42 Å². The zero-order chi connectivity index (χ0) is 14.7. The summed E-state index contributed by atoms with van der Waals surface area (Å²) in [5.74, 6) is 1.77. The monoisotopic (exact) mass is 289 g/mol. The zero-order valence-electron chi connectivity index (χ0n) is 13.7. The number of hydrogen-bond acceptors (Lipinski definition) is 2. The molecule has 2 fully saturated rings. The molecular formula is C18H31N3. The fourth-order valence-corrected chi connectivity index (χ4v) is 3.88. The van der Waals surface area contributed by atoms with E-state index < -0.39 is 0 Å². The molecule has 0 saturated heterocycles. The van der Waals surface area contributed by atoms with E-state index in [4.69, 9.17) is 5.10 Å². The topological polar surface area (TPSA) is 29.9 Å². The Labute approximate surface area is 129 Å². The summed E-state index contributed by atoms with van der Waals surface area (Å²) in [7, 11) is 0. The van der Waals surface area contributed by atoms with Crippen LogP contribution in [0.25, 0.3) is 0 Å². The first-order valence-electron chi connectivity index (χ1n) is 9.05. The van der Waals surface area contributed by atoms with Crippen molar-refractivity contribution in [3.05, 3.63) is 18.0 Å². The van der Waals surface area contributed by atoms with Crippen molar-refractivity contribution in [3.63, 3.8) is 0 Å². The molecule has 3 atom stereocenters. The van der Waals surface area contributed by atoms with Gasteiger partial charge in [0, 0.05) is 18.7 Å². The molecule has 3 rings (SSSR count). The molecule has 2 aliphatic rings. The highest BCUT2D eigenvalue weighted by atomic mass is 15.3. The molecule has 0 radical (unpaired) electrons. The smallest absolute Gasteiger partial charge is 0.0640 e. The van der Waals surface area contributed by atoms with Crippen molar-refractivity contribution in [1.82, 2.24) is 15.1 Å². The van der Waals surface area contributed by atoms with Crippen molar-refractivity contribution in [1.29, 1.82) is 0 Å². The molecule has 3 nitrogen and oxygen atoms in total. The van der Waals surface area contributed by atoms with Gasteiger partial charge in [-0.15, -0.1) is 0 Å². The number of rotatable bonds is 7. The van der Waals surface area contributed by atoms with E-state index in [2.05, 4.69) is 36.1 Å². The summed E-state index contributed by atoms with van der Waals surface area (Å²) >= 11 is 0. The molecule has 2 saturated carbocycles. The fraction of sp³-hybridized carbons (Fsp3) is 0.833. The normalized spacial score (nSPS) is 27.7. The Morgan fingerprint density at radius 1 is 1.33 bits per heavy atom. The van der Waals surface area contributed by atoms with Gasteiger partial charge in [-0.2, -0.15) is 5.10 Å². The van der Waals surface area contributed by atoms with Crippen LogP contribution in [0.3, 0.4) is 0 Å². The van der Waals surface area contributed by atoms with Crippen LogP contribution in [0, 0.1) is 11.8 Å². The minimum atomic E-state index is 0.634. The summed E-state index contributed by atoms with van der Waals surface area (Å²) in [6.45, 7) is 5.77. The van der Waals surface area contributed by atoms with E-state index in [9.17, 15) is 0 Å². The van der Waals surface area contributed by atoms with E-state index in [1.54, 1.807) is 0 Å². The van der Waals surface area contributed by atoms with Gasteiger partial charge in [-0.1, -0.05) is 33.1 Å². The van der Waals surface area contributed by atoms with E-state index in [0.29, 0.717) is 12.1 Å². The fourth-order valence-electron chi connectivity index (χ4n) is 3.88. The summed E-state index contributed by atoms with van der Waals surface area (Å²) in [6, 6.07) is 3.55.